The lowest BCUT2D eigenvalue weighted by Gasteiger charge is -2.40. The summed E-state index contributed by atoms with van der Waals surface area (Å²) in [6.45, 7) is 6.47. The second kappa shape index (κ2) is 8.34. The molecule has 1 heterocycles. The maximum Gasteiger partial charge on any atom is 0.161 e. The van der Waals surface area contributed by atoms with Crippen molar-refractivity contribution < 1.29 is 19.3 Å². The van der Waals surface area contributed by atoms with Gasteiger partial charge < -0.3 is 19.3 Å². The summed E-state index contributed by atoms with van der Waals surface area (Å²) in [6.07, 6.45) is 1.96. The third-order valence-electron chi connectivity index (χ3n) is 4.12. The Labute approximate surface area is 138 Å². The van der Waals surface area contributed by atoms with Gasteiger partial charge in [0, 0.05) is 13.1 Å². The highest BCUT2D eigenvalue weighted by Gasteiger charge is 2.33. The van der Waals surface area contributed by atoms with Crippen molar-refractivity contribution in [2.45, 2.75) is 26.0 Å². The molecule has 0 bridgehead atoms. The molecule has 1 aliphatic rings. The first-order valence-corrected chi connectivity index (χ1v) is 7.92. The van der Waals surface area contributed by atoms with Crippen LogP contribution in [0.15, 0.2) is 29.8 Å². The van der Waals surface area contributed by atoms with E-state index in [1.54, 1.807) is 14.2 Å². The normalized spacial score (nSPS) is 21.8. The van der Waals surface area contributed by atoms with Crippen LogP contribution in [0.3, 0.4) is 0 Å². The number of allylic oxidation sites excluding steroid dienone is 1. The summed E-state index contributed by atoms with van der Waals surface area (Å²) in [5.74, 6) is 1.39. The highest BCUT2D eigenvalue weighted by molar-refractivity contribution is 5.44. The van der Waals surface area contributed by atoms with Crippen molar-refractivity contribution in [3.05, 3.63) is 35.4 Å². The Balaban J connectivity index is 2.34. The summed E-state index contributed by atoms with van der Waals surface area (Å²) >= 11 is 0. The first kappa shape index (κ1) is 17.8. The Morgan fingerprint density at radius 1 is 1.30 bits per heavy atom. The van der Waals surface area contributed by atoms with Crippen LogP contribution in [-0.4, -0.2) is 56.6 Å². The summed E-state index contributed by atoms with van der Waals surface area (Å²) in [5.41, 5.74) is 2.34. The van der Waals surface area contributed by atoms with Crippen LogP contribution in [-0.2, 0) is 4.74 Å². The zero-order valence-corrected chi connectivity index (χ0v) is 14.4. The van der Waals surface area contributed by atoms with Crippen LogP contribution in [0.25, 0.3) is 0 Å². The van der Waals surface area contributed by atoms with Crippen LogP contribution >= 0.6 is 0 Å². The van der Waals surface area contributed by atoms with Crippen LogP contribution in [0.4, 0.5) is 0 Å². The maximum atomic E-state index is 9.72. The van der Waals surface area contributed by atoms with E-state index in [-0.39, 0.29) is 18.8 Å². The van der Waals surface area contributed by atoms with Crippen LogP contribution < -0.4 is 9.47 Å². The highest BCUT2D eigenvalue weighted by atomic mass is 16.5. The number of ether oxygens (including phenoxy) is 3. The molecule has 0 spiro atoms. The molecule has 2 rings (SSSR count). The van der Waals surface area contributed by atoms with E-state index in [4.69, 9.17) is 14.2 Å². The van der Waals surface area contributed by atoms with E-state index in [1.165, 1.54) is 5.57 Å². The molecule has 5 heteroatoms. The summed E-state index contributed by atoms with van der Waals surface area (Å²) in [7, 11) is 3.25. The van der Waals surface area contributed by atoms with Gasteiger partial charge in [0.2, 0.25) is 0 Å². The SMILES string of the molecule is COc1ccc([C@H]2[C@H](CO)OCCN2CC=C(C)C)cc1OC. The Hall–Kier alpha value is -1.56. The monoisotopic (exact) mass is 321 g/mol. The van der Waals surface area contributed by atoms with Crippen LogP contribution in [0.2, 0.25) is 0 Å². The van der Waals surface area contributed by atoms with Gasteiger partial charge in [-0.25, -0.2) is 0 Å². The molecule has 1 aliphatic heterocycles. The fraction of sp³-hybridized carbons (Fsp3) is 0.556. The molecule has 128 valence electrons. The van der Waals surface area contributed by atoms with E-state index in [2.05, 4.69) is 24.8 Å². The van der Waals surface area contributed by atoms with Crippen LogP contribution in [0, 0.1) is 0 Å². The number of aliphatic hydroxyl groups is 1. The van der Waals surface area contributed by atoms with Crippen molar-refractivity contribution in [1.29, 1.82) is 0 Å². The van der Waals surface area contributed by atoms with Gasteiger partial charge in [-0.2, -0.15) is 0 Å². The van der Waals surface area contributed by atoms with Crippen molar-refractivity contribution in [2.75, 3.05) is 40.5 Å². The molecule has 5 nitrogen and oxygen atoms in total. The molecule has 0 unspecified atom stereocenters. The molecule has 1 saturated heterocycles. The van der Waals surface area contributed by atoms with Gasteiger partial charge in [0.05, 0.1) is 33.5 Å². The third-order valence-corrected chi connectivity index (χ3v) is 4.12. The number of aliphatic hydroxyl groups excluding tert-OH is 1. The maximum absolute atomic E-state index is 9.72. The van der Waals surface area contributed by atoms with Gasteiger partial charge in [-0.1, -0.05) is 17.7 Å². The zero-order valence-electron chi connectivity index (χ0n) is 14.4. The molecule has 1 aromatic carbocycles. The first-order valence-electron chi connectivity index (χ1n) is 7.92. The molecular formula is C18H27NO4. The number of methoxy groups -OCH3 is 2. The lowest BCUT2D eigenvalue weighted by atomic mass is 9.97. The summed E-state index contributed by atoms with van der Waals surface area (Å²) in [4.78, 5) is 2.33. The van der Waals surface area contributed by atoms with Crippen molar-refractivity contribution >= 4 is 0 Å². The lowest BCUT2D eigenvalue weighted by molar-refractivity contribution is -0.0897. The largest absolute Gasteiger partial charge is 0.493 e. The molecule has 0 aliphatic carbocycles. The summed E-state index contributed by atoms with van der Waals surface area (Å²) < 4.78 is 16.5. The fourth-order valence-electron chi connectivity index (χ4n) is 2.91. The van der Waals surface area contributed by atoms with E-state index >= 15 is 0 Å². The minimum absolute atomic E-state index is 0.00959. The standard InChI is InChI=1S/C18H27NO4/c1-13(2)7-8-19-9-10-23-17(12-20)18(19)14-5-6-15(21-3)16(11-14)22-4/h5-7,11,17-18,20H,8-10,12H2,1-4H3/t17-,18-/m0/s1. The zero-order chi connectivity index (χ0) is 16.8. The minimum Gasteiger partial charge on any atom is -0.493 e. The van der Waals surface area contributed by atoms with Crippen molar-refractivity contribution in [1.82, 2.24) is 4.90 Å². The van der Waals surface area contributed by atoms with E-state index in [0.717, 1.165) is 18.7 Å². The van der Waals surface area contributed by atoms with Crippen LogP contribution in [0.5, 0.6) is 11.5 Å². The highest BCUT2D eigenvalue weighted by Crippen LogP contribution is 2.35. The van der Waals surface area contributed by atoms with Crippen molar-refractivity contribution in [2.24, 2.45) is 0 Å². The Kier molecular flexibility index (Phi) is 6.45. The van der Waals surface area contributed by atoms with Crippen molar-refractivity contribution in [3.63, 3.8) is 0 Å². The van der Waals surface area contributed by atoms with Gasteiger partial charge >= 0.3 is 0 Å². The molecule has 2 atom stereocenters. The molecule has 0 amide bonds. The smallest absolute Gasteiger partial charge is 0.161 e. The van der Waals surface area contributed by atoms with Crippen LogP contribution in [0.1, 0.15) is 25.5 Å². The number of hydrogen-bond donors (Lipinski definition) is 1. The van der Waals surface area contributed by atoms with Gasteiger partial charge in [0.25, 0.3) is 0 Å². The van der Waals surface area contributed by atoms with Gasteiger partial charge in [0.1, 0.15) is 6.10 Å². The minimum atomic E-state index is -0.243. The average Bonchev–Trinajstić information content (AvgIpc) is 2.58. The third kappa shape index (κ3) is 4.25. The number of morpholine rings is 1. The lowest BCUT2D eigenvalue weighted by Crippen LogP contribution is -2.46. The molecule has 1 aromatic rings. The number of benzene rings is 1. The van der Waals surface area contributed by atoms with E-state index in [0.29, 0.717) is 18.1 Å². The van der Waals surface area contributed by atoms with E-state index in [1.807, 2.05) is 18.2 Å². The van der Waals surface area contributed by atoms with Gasteiger partial charge in [-0.05, 0) is 31.5 Å². The number of hydrogen-bond acceptors (Lipinski definition) is 5. The Morgan fingerprint density at radius 3 is 2.65 bits per heavy atom. The molecular weight excluding hydrogens is 294 g/mol. The fourth-order valence-corrected chi connectivity index (χ4v) is 2.91. The summed E-state index contributed by atoms with van der Waals surface area (Å²) in [5, 5.41) is 9.72. The Bertz CT molecular complexity index is 540. The molecule has 1 N–H and O–H groups in total. The summed E-state index contributed by atoms with van der Waals surface area (Å²) in [6, 6.07) is 5.87. The van der Waals surface area contributed by atoms with Gasteiger partial charge in [-0.15, -0.1) is 0 Å². The molecule has 0 saturated carbocycles. The number of nitrogens with zero attached hydrogens (tertiary/aromatic N) is 1. The predicted octanol–water partition coefficient (Wildman–Crippen LogP) is 2.40. The second-order valence-electron chi connectivity index (χ2n) is 5.93. The topological polar surface area (TPSA) is 51.2 Å². The van der Waals surface area contributed by atoms with E-state index in [9.17, 15) is 5.11 Å². The quantitative estimate of drug-likeness (QED) is 0.816. The second-order valence-corrected chi connectivity index (χ2v) is 5.93. The van der Waals surface area contributed by atoms with Crippen molar-refractivity contribution in [3.8, 4) is 11.5 Å². The average molecular weight is 321 g/mol. The van der Waals surface area contributed by atoms with E-state index < -0.39 is 0 Å². The predicted molar refractivity (Wildman–Crippen MR) is 90.1 cm³/mol. The molecule has 1 fully saturated rings. The van der Waals surface area contributed by atoms with Gasteiger partial charge in [0.15, 0.2) is 11.5 Å². The first-order chi connectivity index (χ1) is 11.1. The van der Waals surface area contributed by atoms with Gasteiger partial charge in [-0.3, -0.25) is 4.90 Å². The molecule has 0 radical (unpaired) electrons. The molecule has 23 heavy (non-hydrogen) atoms. The Morgan fingerprint density at radius 2 is 2.04 bits per heavy atom. The number of rotatable bonds is 6. The molecule has 0 aromatic heterocycles.